The zero-order chi connectivity index (χ0) is 37.7. The molecular weight excluding hydrogens is 662 g/mol. The van der Waals surface area contributed by atoms with Crippen molar-refractivity contribution in [1.29, 1.82) is 0 Å². The quantitative estimate of drug-likeness (QED) is 0.233. The first kappa shape index (κ1) is 40.6. The predicted molar refractivity (Wildman–Crippen MR) is 186 cm³/mol. The summed E-state index contributed by atoms with van der Waals surface area (Å²) in [6.45, 7) is 15.7. The van der Waals surface area contributed by atoms with Crippen LogP contribution in [-0.2, 0) is 38.0 Å². The summed E-state index contributed by atoms with van der Waals surface area (Å²) in [5, 5.41) is 34.9. The van der Waals surface area contributed by atoms with Crippen LogP contribution in [0.5, 0.6) is 0 Å². The van der Waals surface area contributed by atoms with Crippen molar-refractivity contribution in [1.82, 2.24) is 5.32 Å². The Morgan fingerprint density at radius 2 is 1.73 bits per heavy atom. The van der Waals surface area contributed by atoms with E-state index in [9.17, 15) is 24.9 Å². The Labute approximate surface area is 303 Å². The Morgan fingerprint density at radius 3 is 2.35 bits per heavy atom. The fraction of sp³-hybridized carbons (Fsp3) is 0.947. The minimum Gasteiger partial charge on any atom is -0.481 e. The molecule has 13 nitrogen and oxygen atoms in total. The Hall–Kier alpha value is -1.58. The van der Waals surface area contributed by atoms with Crippen LogP contribution in [0.4, 0.5) is 4.79 Å². The van der Waals surface area contributed by atoms with Gasteiger partial charge in [0.15, 0.2) is 5.79 Å². The molecule has 5 rings (SSSR count). The highest BCUT2D eigenvalue weighted by atomic mass is 16.7. The summed E-state index contributed by atoms with van der Waals surface area (Å²) in [7, 11) is 2.99. The lowest BCUT2D eigenvalue weighted by molar-refractivity contribution is -0.336. The maximum absolute atomic E-state index is 11.9. The van der Waals surface area contributed by atoms with Gasteiger partial charge in [-0.1, -0.05) is 41.5 Å². The standard InChI is InChI=1S/C38H65NO12/c1-11-36(32-21(3)17-27(47-32)29-20(2)16-22(4)38(44,50-29)19-46-34(43)39-9)13-12-28(48-36)35(8)14-15-37(51-35)18-26(40)23(5)31(49-37)24(6)30(45-10)25(7)33(41)42/h20-32,40,44H,11-19H2,1-10H3,(H,39,43)(H,41,42)/t20-,21-,22+,23+,24-,25?,26-,27+,28+,29-,30+,31-,32+,35-,36-,37+,38-/m0/s1. The minimum absolute atomic E-state index is 0.125. The van der Waals surface area contributed by atoms with Crippen LogP contribution in [0.25, 0.3) is 0 Å². The molecule has 13 heteroatoms. The van der Waals surface area contributed by atoms with Crippen LogP contribution in [0.3, 0.4) is 0 Å². The number of aliphatic hydroxyl groups is 2. The summed E-state index contributed by atoms with van der Waals surface area (Å²) >= 11 is 0. The van der Waals surface area contributed by atoms with Crippen molar-refractivity contribution in [3.63, 3.8) is 0 Å². The first-order valence-electron chi connectivity index (χ1n) is 19.3. The molecule has 0 aliphatic carbocycles. The van der Waals surface area contributed by atoms with Gasteiger partial charge in [0, 0.05) is 44.8 Å². The number of carboxylic acid groups (broad SMARTS) is 1. The molecule has 5 aliphatic heterocycles. The molecule has 17 atom stereocenters. The molecule has 51 heavy (non-hydrogen) atoms. The summed E-state index contributed by atoms with van der Waals surface area (Å²) in [6.07, 6.45) is 1.96. The van der Waals surface area contributed by atoms with E-state index in [-0.39, 0.29) is 60.6 Å². The maximum Gasteiger partial charge on any atom is 0.407 e. The molecule has 0 aromatic carbocycles. The number of alkyl carbamates (subject to hydrolysis) is 1. The molecule has 5 fully saturated rings. The molecule has 5 saturated heterocycles. The molecule has 1 unspecified atom stereocenters. The molecule has 1 amide bonds. The number of aliphatic hydroxyl groups excluding tert-OH is 1. The Morgan fingerprint density at radius 1 is 1.02 bits per heavy atom. The fourth-order valence-electron chi connectivity index (χ4n) is 10.1. The van der Waals surface area contributed by atoms with Gasteiger partial charge in [0.2, 0.25) is 5.79 Å². The van der Waals surface area contributed by atoms with Crippen molar-refractivity contribution >= 4 is 12.1 Å². The highest BCUT2D eigenvalue weighted by Gasteiger charge is 2.62. The van der Waals surface area contributed by atoms with E-state index in [0.29, 0.717) is 25.7 Å². The van der Waals surface area contributed by atoms with Crippen LogP contribution in [0, 0.1) is 35.5 Å². The van der Waals surface area contributed by atoms with E-state index in [1.165, 1.54) is 14.2 Å². The third-order valence-corrected chi connectivity index (χ3v) is 13.4. The van der Waals surface area contributed by atoms with E-state index in [1.54, 1.807) is 6.92 Å². The van der Waals surface area contributed by atoms with Gasteiger partial charge in [-0.3, -0.25) is 4.79 Å². The molecule has 5 aliphatic rings. The lowest BCUT2D eigenvalue weighted by Gasteiger charge is -2.49. The number of carbonyl (C=O) groups is 2. The molecule has 0 bridgehead atoms. The van der Waals surface area contributed by atoms with Crippen molar-refractivity contribution in [2.24, 2.45) is 35.5 Å². The van der Waals surface area contributed by atoms with Crippen molar-refractivity contribution < 1.29 is 58.1 Å². The van der Waals surface area contributed by atoms with Gasteiger partial charge in [-0.15, -0.1) is 0 Å². The van der Waals surface area contributed by atoms with Gasteiger partial charge in [0.05, 0.1) is 59.8 Å². The third kappa shape index (κ3) is 7.70. The third-order valence-electron chi connectivity index (χ3n) is 13.4. The first-order chi connectivity index (χ1) is 23.9. The van der Waals surface area contributed by atoms with Crippen molar-refractivity contribution in [2.75, 3.05) is 20.8 Å². The first-order valence-corrected chi connectivity index (χ1v) is 19.3. The molecule has 4 N–H and O–H groups in total. The summed E-state index contributed by atoms with van der Waals surface area (Å²) < 4.78 is 45.0. The summed E-state index contributed by atoms with van der Waals surface area (Å²) in [5.41, 5.74) is -1.21. The van der Waals surface area contributed by atoms with E-state index in [0.717, 1.165) is 25.7 Å². The Kier molecular flexibility index (Phi) is 12.2. The topological polar surface area (TPSA) is 171 Å². The van der Waals surface area contributed by atoms with Crippen molar-refractivity contribution in [3.8, 4) is 0 Å². The molecule has 1 spiro atoms. The summed E-state index contributed by atoms with van der Waals surface area (Å²) in [6, 6.07) is 0. The van der Waals surface area contributed by atoms with E-state index >= 15 is 0 Å². The number of methoxy groups -OCH3 is 1. The normalized spacial score (nSPS) is 47.6. The average molecular weight is 728 g/mol. The van der Waals surface area contributed by atoms with Gasteiger partial charge in [0.1, 0.15) is 6.61 Å². The summed E-state index contributed by atoms with van der Waals surface area (Å²) in [5.74, 6) is -4.79. The van der Waals surface area contributed by atoms with Crippen LogP contribution < -0.4 is 5.32 Å². The number of nitrogens with one attached hydrogen (secondary N) is 1. The van der Waals surface area contributed by atoms with Crippen LogP contribution in [0.2, 0.25) is 0 Å². The lowest BCUT2D eigenvalue weighted by atomic mass is 9.78. The van der Waals surface area contributed by atoms with Crippen LogP contribution in [0.1, 0.15) is 107 Å². The molecule has 0 aromatic heterocycles. The van der Waals surface area contributed by atoms with E-state index in [2.05, 4.69) is 33.0 Å². The number of amides is 1. The van der Waals surface area contributed by atoms with Gasteiger partial charge in [0.25, 0.3) is 0 Å². The lowest BCUT2D eigenvalue weighted by Crippen LogP contribution is -2.57. The summed E-state index contributed by atoms with van der Waals surface area (Å²) in [4.78, 5) is 23.7. The second-order valence-corrected chi connectivity index (χ2v) is 17.0. The number of ether oxygens (including phenoxy) is 7. The van der Waals surface area contributed by atoms with E-state index in [1.807, 2.05) is 20.8 Å². The van der Waals surface area contributed by atoms with Crippen LogP contribution in [0.15, 0.2) is 0 Å². The van der Waals surface area contributed by atoms with E-state index < -0.39 is 59.1 Å². The molecular formula is C38H65NO12. The monoisotopic (exact) mass is 727 g/mol. The van der Waals surface area contributed by atoms with Gasteiger partial charge >= 0.3 is 12.1 Å². The number of hydrogen-bond donors (Lipinski definition) is 4. The maximum atomic E-state index is 11.9. The molecule has 294 valence electrons. The SMILES string of the molecule is CC[C@@]1([C@@H]2O[C@@H]([C@H]3O[C@@](O)(COC(=O)NC)[C@H](C)C[C@@H]3C)C[C@@H]2C)CC[C@H]([C@]2(C)CC[C@]3(C[C@H](O)[C@@H](C)[C@@H]([C@@H](C)[C@@H](OC)C(C)C(=O)O)O3)O2)O1. The second-order valence-electron chi connectivity index (χ2n) is 17.0. The van der Waals surface area contributed by atoms with Gasteiger partial charge in [-0.05, 0) is 64.2 Å². The number of rotatable bonds is 11. The highest BCUT2D eigenvalue weighted by molar-refractivity contribution is 5.70. The van der Waals surface area contributed by atoms with Gasteiger partial charge < -0.3 is 53.8 Å². The zero-order valence-electron chi connectivity index (χ0n) is 32.4. The number of carbonyl (C=O) groups excluding carboxylic acids is 1. The van der Waals surface area contributed by atoms with Crippen LogP contribution >= 0.6 is 0 Å². The number of aliphatic carboxylic acids is 1. The van der Waals surface area contributed by atoms with Crippen LogP contribution in [-0.4, -0.2) is 114 Å². The van der Waals surface area contributed by atoms with Gasteiger partial charge in [-0.25, -0.2) is 4.79 Å². The van der Waals surface area contributed by atoms with E-state index in [4.69, 9.17) is 33.2 Å². The Bertz CT molecular complexity index is 1240. The minimum atomic E-state index is -1.61. The molecule has 0 aromatic rings. The molecule has 0 saturated carbocycles. The molecule has 0 radical (unpaired) electrons. The van der Waals surface area contributed by atoms with Gasteiger partial charge in [-0.2, -0.15) is 0 Å². The zero-order valence-corrected chi connectivity index (χ0v) is 32.4. The van der Waals surface area contributed by atoms with Crippen molar-refractivity contribution in [2.45, 2.75) is 172 Å². The average Bonchev–Trinajstić information content (AvgIpc) is 3.80. The highest BCUT2D eigenvalue weighted by Crippen LogP contribution is 2.55. The second kappa shape index (κ2) is 15.3. The fourth-order valence-corrected chi connectivity index (χ4v) is 10.1. The van der Waals surface area contributed by atoms with Crippen molar-refractivity contribution in [3.05, 3.63) is 0 Å². The molecule has 5 heterocycles. The smallest absolute Gasteiger partial charge is 0.407 e. The largest absolute Gasteiger partial charge is 0.481 e. The number of hydrogen-bond acceptors (Lipinski definition) is 11. The Balaban J connectivity index is 1.27. The number of carboxylic acids is 1. The predicted octanol–water partition coefficient (Wildman–Crippen LogP) is 4.64.